The van der Waals surface area contributed by atoms with Gasteiger partial charge in [-0.25, -0.2) is 0 Å². The third-order valence-electron chi connectivity index (χ3n) is 3.92. The van der Waals surface area contributed by atoms with Gasteiger partial charge in [0.2, 0.25) is 5.91 Å². The van der Waals surface area contributed by atoms with E-state index in [0.29, 0.717) is 39.8 Å². The Bertz CT molecular complexity index is 998. The molecule has 2 amide bonds. The van der Waals surface area contributed by atoms with Crippen molar-refractivity contribution in [2.45, 2.75) is 20.4 Å². The average Bonchev–Trinajstić information content (AvgIpc) is 3.01. The van der Waals surface area contributed by atoms with E-state index in [9.17, 15) is 9.59 Å². The standard InChI is InChI=1S/C20H18ClN3O3/c1-12-18(19(24-27-12)16-8-3-4-9-17(16)21)20(26)22-11-14-6-5-7-15(10-14)23-13(2)25/h3-10H,11H2,1-2H3,(H,22,26)(H,23,25). The molecule has 0 aliphatic rings. The van der Waals surface area contributed by atoms with Gasteiger partial charge in [-0.05, 0) is 30.7 Å². The number of carbonyl (C=O) groups excluding carboxylic acids is 2. The fourth-order valence-electron chi connectivity index (χ4n) is 2.71. The van der Waals surface area contributed by atoms with Crippen LogP contribution in [0.2, 0.25) is 5.02 Å². The summed E-state index contributed by atoms with van der Waals surface area (Å²) in [5, 5.41) is 10.1. The number of anilines is 1. The highest BCUT2D eigenvalue weighted by atomic mass is 35.5. The molecule has 0 saturated heterocycles. The third kappa shape index (κ3) is 4.35. The van der Waals surface area contributed by atoms with E-state index in [4.69, 9.17) is 16.1 Å². The fraction of sp³-hybridized carbons (Fsp3) is 0.150. The fourth-order valence-corrected chi connectivity index (χ4v) is 2.93. The molecular formula is C20H18ClN3O3. The number of amides is 2. The summed E-state index contributed by atoms with van der Waals surface area (Å²) in [6.45, 7) is 3.41. The normalized spacial score (nSPS) is 10.5. The van der Waals surface area contributed by atoms with E-state index >= 15 is 0 Å². The molecule has 3 aromatic rings. The zero-order valence-corrected chi connectivity index (χ0v) is 15.6. The van der Waals surface area contributed by atoms with Crippen LogP contribution in [0.15, 0.2) is 53.1 Å². The van der Waals surface area contributed by atoms with Gasteiger partial charge in [0.1, 0.15) is 17.0 Å². The molecule has 27 heavy (non-hydrogen) atoms. The monoisotopic (exact) mass is 383 g/mol. The number of halogens is 1. The molecule has 0 spiro atoms. The predicted octanol–water partition coefficient (Wildman–Crippen LogP) is 4.19. The molecule has 3 rings (SSSR count). The molecule has 1 heterocycles. The zero-order chi connectivity index (χ0) is 19.4. The second-order valence-corrected chi connectivity index (χ2v) is 6.41. The first kappa shape index (κ1) is 18.7. The first-order valence-electron chi connectivity index (χ1n) is 8.31. The van der Waals surface area contributed by atoms with Gasteiger partial charge in [-0.15, -0.1) is 0 Å². The molecule has 2 aromatic carbocycles. The highest BCUT2D eigenvalue weighted by Gasteiger charge is 2.22. The van der Waals surface area contributed by atoms with Gasteiger partial charge in [0, 0.05) is 24.7 Å². The van der Waals surface area contributed by atoms with Gasteiger partial charge in [-0.3, -0.25) is 9.59 Å². The molecule has 6 nitrogen and oxygen atoms in total. The van der Waals surface area contributed by atoms with Gasteiger partial charge in [0.25, 0.3) is 5.91 Å². The van der Waals surface area contributed by atoms with E-state index in [0.717, 1.165) is 5.56 Å². The second kappa shape index (κ2) is 8.05. The minimum Gasteiger partial charge on any atom is -0.360 e. The Hall–Kier alpha value is -3.12. The van der Waals surface area contributed by atoms with Crippen molar-refractivity contribution in [1.82, 2.24) is 10.5 Å². The molecule has 0 fully saturated rings. The minimum atomic E-state index is -0.311. The number of carbonyl (C=O) groups is 2. The number of hydrogen-bond acceptors (Lipinski definition) is 4. The van der Waals surface area contributed by atoms with Crippen molar-refractivity contribution in [3.63, 3.8) is 0 Å². The van der Waals surface area contributed by atoms with Crippen LogP contribution in [0.5, 0.6) is 0 Å². The van der Waals surface area contributed by atoms with Crippen molar-refractivity contribution in [3.8, 4) is 11.3 Å². The van der Waals surface area contributed by atoms with Crippen LogP contribution in [0.3, 0.4) is 0 Å². The van der Waals surface area contributed by atoms with Crippen LogP contribution in [0.1, 0.15) is 28.6 Å². The van der Waals surface area contributed by atoms with E-state index in [1.807, 2.05) is 18.2 Å². The number of aromatic nitrogens is 1. The maximum Gasteiger partial charge on any atom is 0.257 e. The van der Waals surface area contributed by atoms with Gasteiger partial charge in [-0.1, -0.05) is 47.1 Å². The van der Waals surface area contributed by atoms with Crippen molar-refractivity contribution in [1.29, 1.82) is 0 Å². The molecule has 7 heteroatoms. The molecule has 0 bridgehead atoms. The highest BCUT2D eigenvalue weighted by molar-refractivity contribution is 6.33. The molecule has 0 saturated carbocycles. The van der Waals surface area contributed by atoms with Crippen LogP contribution in [-0.2, 0) is 11.3 Å². The molecule has 0 unspecified atom stereocenters. The van der Waals surface area contributed by atoms with Gasteiger partial charge < -0.3 is 15.2 Å². The van der Waals surface area contributed by atoms with E-state index in [1.165, 1.54) is 6.92 Å². The molecule has 0 radical (unpaired) electrons. The summed E-state index contributed by atoms with van der Waals surface area (Å²) in [7, 11) is 0. The lowest BCUT2D eigenvalue weighted by molar-refractivity contribution is -0.114. The summed E-state index contributed by atoms with van der Waals surface area (Å²) in [6, 6.07) is 14.4. The average molecular weight is 384 g/mol. The lowest BCUT2D eigenvalue weighted by atomic mass is 10.1. The Morgan fingerprint density at radius 1 is 1.15 bits per heavy atom. The van der Waals surface area contributed by atoms with Crippen molar-refractivity contribution in [2.75, 3.05) is 5.32 Å². The number of nitrogens with one attached hydrogen (secondary N) is 2. The van der Waals surface area contributed by atoms with E-state index in [2.05, 4.69) is 15.8 Å². The van der Waals surface area contributed by atoms with Gasteiger partial charge in [0.15, 0.2) is 0 Å². The van der Waals surface area contributed by atoms with Crippen molar-refractivity contribution in [3.05, 3.63) is 70.4 Å². The molecule has 2 N–H and O–H groups in total. The molecular weight excluding hydrogens is 366 g/mol. The van der Waals surface area contributed by atoms with Gasteiger partial charge in [-0.2, -0.15) is 0 Å². The van der Waals surface area contributed by atoms with Crippen molar-refractivity contribution >= 4 is 29.1 Å². The van der Waals surface area contributed by atoms with Crippen LogP contribution >= 0.6 is 11.6 Å². The largest absolute Gasteiger partial charge is 0.360 e. The maximum absolute atomic E-state index is 12.7. The third-order valence-corrected chi connectivity index (χ3v) is 4.25. The smallest absolute Gasteiger partial charge is 0.257 e. The molecule has 0 aliphatic carbocycles. The quantitative estimate of drug-likeness (QED) is 0.691. The van der Waals surface area contributed by atoms with Crippen LogP contribution < -0.4 is 10.6 Å². The number of hydrogen-bond donors (Lipinski definition) is 2. The Labute approximate surface area is 161 Å². The first-order chi connectivity index (χ1) is 13.0. The molecule has 0 atom stereocenters. The van der Waals surface area contributed by atoms with Gasteiger partial charge in [0.05, 0.1) is 5.02 Å². The summed E-state index contributed by atoms with van der Waals surface area (Å²) in [5.41, 5.74) is 2.91. The van der Waals surface area contributed by atoms with E-state index < -0.39 is 0 Å². The summed E-state index contributed by atoms with van der Waals surface area (Å²) in [4.78, 5) is 23.9. The molecule has 138 valence electrons. The summed E-state index contributed by atoms with van der Waals surface area (Å²) >= 11 is 6.23. The van der Waals surface area contributed by atoms with Crippen molar-refractivity contribution < 1.29 is 14.1 Å². The van der Waals surface area contributed by atoms with E-state index in [1.54, 1.807) is 37.3 Å². The van der Waals surface area contributed by atoms with E-state index in [-0.39, 0.29) is 11.8 Å². The van der Waals surface area contributed by atoms with Gasteiger partial charge >= 0.3 is 0 Å². The zero-order valence-electron chi connectivity index (χ0n) is 14.9. The lowest BCUT2D eigenvalue weighted by Gasteiger charge is -2.08. The predicted molar refractivity (Wildman–Crippen MR) is 104 cm³/mol. The Morgan fingerprint density at radius 2 is 1.93 bits per heavy atom. The van der Waals surface area contributed by atoms with Crippen LogP contribution in [0.25, 0.3) is 11.3 Å². The SMILES string of the molecule is CC(=O)Nc1cccc(CNC(=O)c2c(-c3ccccc3Cl)noc2C)c1. The minimum absolute atomic E-state index is 0.152. The number of rotatable bonds is 5. The first-order valence-corrected chi connectivity index (χ1v) is 8.69. The summed E-state index contributed by atoms with van der Waals surface area (Å²) < 4.78 is 5.22. The summed E-state index contributed by atoms with van der Waals surface area (Å²) in [5.74, 6) is -0.0521. The molecule has 1 aromatic heterocycles. The lowest BCUT2D eigenvalue weighted by Crippen LogP contribution is -2.23. The Morgan fingerprint density at radius 3 is 2.67 bits per heavy atom. The summed E-state index contributed by atoms with van der Waals surface area (Å²) in [6.07, 6.45) is 0. The number of aryl methyl sites for hydroxylation is 1. The Balaban J connectivity index is 1.79. The second-order valence-electron chi connectivity index (χ2n) is 6.01. The number of benzene rings is 2. The Kier molecular flexibility index (Phi) is 5.57. The van der Waals surface area contributed by atoms with Crippen LogP contribution in [-0.4, -0.2) is 17.0 Å². The highest BCUT2D eigenvalue weighted by Crippen LogP contribution is 2.30. The van der Waals surface area contributed by atoms with Crippen molar-refractivity contribution in [2.24, 2.45) is 0 Å². The maximum atomic E-state index is 12.7. The van der Waals surface area contributed by atoms with Crippen LogP contribution in [0, 0.1) is 6.92 Å². The topological polar surface area (TPSA) is 84.2 Å². The number of nitrogens with zero attached hydrogens (tertiary/aromatic N) is 1. The van der Waals surface area contributed by atoms with Crippen LogP contribution in [0.4, 0.5) is 5.69 Å². The molecule has 0 aliphatic heterocycles.